The molecule has 1 aromatic heterocycles. The Morgan fingerprint density at radius 1 is 1.24 bits per heavy atom. The Balaban J connectivity index is 1.71. The van der Waals surface area contributed by atoms with Crippen molar-refractivity contribution in [2.45, 2.75) is 18.9 Å². The highest BCUT2D eigenvalue weighted by Crippen LogP contribution is 2.16. The molecule has 0 saturated carbocycles. The van der Waals surface area contributed by atoms with Crippen molar-refractivity contribution in [3.63, 3.8) is 0 Å². The van der Waals surface area contributed by atoms with Gasteiger partial charge < -0.3 is 14.6 Å². The average Bonchev–Trinajstić information content (AvgIpc) is 3.22. The maximum atomic E-state index is 12.7. The molecule has 1 aliphatic heterocycles. The molecule has 0 aliphatic carbocycles. The minimum atomic E-state index is 0.0615. The molecule has 1 aromatic carbocycles. The Hall–Kier alpha value is -2.07. The van der Waals surface area contributed by atoms with Gasteiger partial charge in [-0.15, -0.1) is 0 Å². The van der Waals surface area contributed by atoms with Crippen LogP contribution in [0, 0.1) is 0 Å². The Morgan fingerprint density at radius 3 is 2.76 bits per heavy atom. The lowest BCUT2D eigenvalue weighted by Crippen LogP contribution is -2.42. The van der Waals surface area contributed by atoms with Gasteiger partial charge in [0.1, 0.15) is 5.69 Å². The van der Waals surface area contributed by atoms with E-state index in [9.17, 15) is 4.79 Å². The average molecular weight is 284 g/mol. The Morgan fingerprint density at radius 2 is 2.10 bits per heavy atom. The van der Waals surface area contributed by atoms with Crippen molar-refractivity contribution in [2.75, 3.05) is 19.8 Å². The summed E-state index contributed by atoms with van der Waals surface area (Å²) in [7, 11) is 0. The number of aromatic nitrogens is 1. The normalized spacial score (nSPS) is 17.8. The van der Waals surface area contributed by atoms with E-state index in [1.807, 2.05) is 35.2 Å². The molecule has 0 spiro atoms. The molecule has 0 bridgehead atoms. The largest absolute Gasteiger partial charge is 0.379 e. The van der Waals surface area contributed by atoms with E-state index in [1.165, 1.54) is 5.56 Å². The van der Waals surface area contributed by atoms with Crippen LogP contribution in [0.2, 0.25) is 0 Å². The number of carbonyl (C=O) groups is 1. The second-order valence-electron chi connectivity index (χ2n) is 5.34. The number of amides is 1. The van der Waals surface area contributed by atoms with E-state index in [-0.39, 0.29) is 11.9 Å². The number of aromatic amines is 1. The quantitative estimate of drug-likeness (QED) is 0.917. The minimum Gasteiger partial charge on any atom is -0.379 e. The Bertz CT molecular complexity index is 560. The van der Waals surface area contributed by atoms with Crippen LogP contribution in [0.25, 0.3) is 0 Å². The van der Waals surface area contributed by atoms with Gasteiger partial charge in [-0.25, -0.2) is 0 Å². The summed E-state index contributed by atoms with van der Waals surface area (Å²) in [5, 5.41) is 0. The molecule has 1 amide bonds. The zero-order chi connectivity index (χ0) is 14.5. The van der Waals surface area contributed by atoms with Gasteiger partial charge in [-0.3, -0.25) is 4.79 Å². The number of benzene rings is 1. The lowest BCUT2D eigenvalue weighted by molar-refractivity contribution is 0.0651. The molecule has 0 radical (unpaired) electrons. The van der Waals surface area contributed by atoms with Gasteiger partial charge in [0.15, 0.2) is 0 Å². The number of nitrogens with one attached hydrogen (secondary N) is 1. The lowest BCUT2D eigenvalue weighted by atomic mass is 10.1. The minimum absolute atomic E-state index is 0.0615. The first-order valence-electron chi connectivity index (χ1n) is 7.40. The molecule has 110 valence electrons. The number of ether oxygens (including phenoxy) is 1. The molecule has 3 rings (SSSR count). The molecular formula is C17H20N2O2. The van der Waals surface area contributed by atoms with Gasteiger partial charge in [-0.1, -0.05) is 30.3 Å². The van der Waals surface area contributed by atoms with Crippen LogP contribution >= 0.6 is 0 Å². The van der Waals surface area contributed by atoms with Crippen molar-refractivity contribution in [1.82, 2.24) is 9.88 Å². The van der Waals surface area contributed by atoms with Crippen molar-refractivity contribution >= 4 is 5.91 Å². The predicted octanol–water partition coefficient (Wildman–Crippen LogP) is 2.49. The number of hydrogen-bond acceptors (Lipinski definition) is 2. The summed E-state index contributed by atoms with van der Waals surface area (Å²) < 4.78 is 5.45. The van der Waals surface area contributed by atoms with Crippen LogP contribution in [0.4, 0.5) is 0 Å². The second-order valence-corrected chi connectivity index (χ2v) is 5.34. The number of nitrogens with zero attached hydrogens (tertiary/aromatic N) is 1. The second kappa shape index (κ2) is 6.59. The van der Waals surface area contributed by atoms with E-state index in [4.69, 9.17) is 4.74 Å². The molecule has 1 aliphatic rings. The number of carbonyl (C=O) groups excluding carboxylic acids is 1. The van der Waals surface area contributed by atoms with Crippen LogP contribution < -0.4 is 0 Å². The van der Waals surface area contributed by atoms with Crippen LogP contribution in [0.3, 0.4) is 0 Å². The standard InChI is InChI=1S/C17H20N2O2/c20-17(16-7-4-10-18-16)19(15-9-12-21-13-15)11-8-14-5-2-1-3-6-14/h1-7,10,15,18H,8-9,11-13H2. The topological polar surface area (TPSA) is 45.3 Å². The molecule has 1 unspecified atom stereocenters. The van der Waals surface area contributed by atoms with Crippen LogP contribution in [0.5, 0.6) is 0 Å². The van der Waals surface area contributed by atoms with Crippen molar-refractivity contribution < 1.29 is 9.53 Å². The van der Waals surface area contributed by atoms with Gasteiger partial charge in [-0.2, -0.15) is 0 Å². The monoisotopic (exact) mass is 284 g/mol. The molecule has 21 heavy (non-hydrogen) atoms. The SMILES string of the molecule is O=C(c1ccc[nH]1)N(CCc1ccccc1)C1CCOC1. The summed E-state index contributed by atoms with van der Waals surface area (Å²) in [4.78, 5) is 17.6. The highest BCUT2D eigenvalue weighted by atomic mass is 16.5. The van der Waals surface area contributed by atoms with Crippen molar-refractivity contribution in [3.8, 4) is 0 Å². The number of hydrogen-bond donors (Lipinski definition) is 1. The van der Waals surface area contributed by atoms with E-state index in [0.29, 0.717) is 12.3 Å². The fourth-order valence-corrected chi connectivity index (χ4v) is 2.73. The predicted molar refractivity (Wildman–Crippen MR) is 81.2 cm³/mol. The summed E-state index contributed by atoms with van der Waals surface area (Å²) in [6.45, 7) is 2.10. The first-order valence-corrected chi connectivity index (χ1v) is 7.40. The third-order valence-electron chi connectivity index (χ3n) is 3.92. The third-order valence-corrected chi connectivity index (χ3v) is 3.92. The molecule has 1 fully saturated rings. The highest BCUT2D eigenvalue weighted by molar-refractivity contribution is 5.92. The van der Waals surface area contributed by atoms with Crippen molar-refractivity contribution in [1.29, 1.82) is 0 Å². The summed E-state index contributed by atoms with van der Waals surface area (Å²) in [6.07, 6.45) is 3.57. The van der Waals surface area contributed by atoms with Crippen LogP contribution in [-0.2, 0) is 11.2 Å². The lowest BCUT2D eigenvalue weighted by Gasteiger charge is -2.27. The van der Waals surface area contributed by atoms with Gasteiger partial charge in [0.05, 0.1) is 12.6 Å². The zero-order valence-electron chi connectivity index (χ0n) is 12.0. The first-order chi connectivity index (χ1) is 10.3. The van der Waals surface area contributed by atoms with E-state index >= 15 is 0 Å². The molecule has 4 heteroatoms. The molecule has 1 saturated heterocycles. The molecule has 2 aromatic rings. The van der Waals surface area contributed by atoms with Gasteiger partial charge in [-0.05, 0) is 30.5 Å². The Kier molecular flexibility index (Phi) is 4.36. The van der Waals surface area contributed by atoms with E-state index < -0.39 is 0 Å². The highest BCUT2D eigenvalue weighted by Gasteiger charge is 2.28. The smallest absolute Gasteiger partial charge is 0.270 e. The maximum Gasteiger partial charge on any atom is 0.270 e. The van der Waals surface area contributed by atoms with Gasteiger partial charge in [0.25, 0.3) is 5.91 Å². The van der Waals surface area contributed by atoms with Crippen LogP contribution in [0.1, 0.15) is 22.5 Å². The molecule has 2 heterocycles. The summed E-state index contributed by atoms with van der Waals surface area (Å²) in [6, 6.07) is 14.1. The van der Waals surface area contributed by atoms with Crippen LogP contribution in [0.15, 0.2) is 48.7 Å². The summed E-state index contributed by atoms with van der Waals surface area (Å²) >= 11 is 0. The fourth-order valence-electron chi connectivity index (χ4n) is 2.73. The van der Waals surface area contributed by atoms with Crippen molar-refractivity contribution in [3.05, 3.63) is 59.9 Å². The zero-order valence-corrected chi connectivity index (χ0v) is 12.0. The van der Waals surface area contributed by atoms with Crippen LogP contribution in [-0.4, -0.2) is 41.6 Å². The fraction of sp³-hybridized carbons (Fsp3) is 0.353. The maximum absolute atomic E-state index is 12.7. The van der Waals surface area contributed by atoms with Gasteiger partial charge >= 0.3 is 0 Å². The molecule has 1 N–H and O–H groups in total. The van der Waals surface area contributed by atoms with E-state index in [0.717, 1.165) is 26.0 Å². The number of H-pyrrole nitrogens is 1. The summed E-state index contributed by atoms with van der Waals surface area (Å²) in [5.74, 6) is 0.0615. The number of rotatable bonds is 5. The molecule has 4 nitrogen and oxygen atoms in total. The van der Waals surface area contributed by atoms with Gasteiger partial charge in [0, 0.05) is 19.3 Å². The van der Waals surface area contributed by atoms with Gasteiger partial charge in [0.2, 0.25) is 0 Å². The van der Waals surface area contributed by atoms with E-state index in [2.05, 4.69) is 17.1 Å². The first kappa shape index (κ1) is 13.9. The van der Waals surface area contributed by atoms with Crippen molar-refractivity contribution in [2.24, 2.45) is 0 Å². The molecule has 1 atom stereocenters. The summed E-state index contributed by atoms with van der Waals surface area (Å²) in [5.41, 5.74) is 1.90. The molecular weight excluding hydrogens is 264 g/mol. The van der Waals surface area contributed by atoms with E-state index in [1.54, 1.807) is 6.20 Å². The Labute approximate surface area is 124 Å². The third kappa shape index (κ3) is 3.34.